The molecule has 0 bridgehead atoms. The fourth-order valence-electron chi connectivity index (χ4n) is 2.68. The molecule has 146 valence electrons. The number of amides is 2. The number of carbonyl (C=O) groups is 2. The van der Waals surface area contributed by atoms with Gasteiger partial charge in [0.2, 0.25) is 0 Å². The van der Waals surface area contributed by atoms with E-state index in [0.717, 1.165) is 11.1 Å². The molecule has 7 nitrogen and oxygen atoms in total. The molecule has 0 saturated carbocycles. The molecule has 0 heterocycles. The Kier molecular flexibility index (Phi) is 5.69. The summed E-state index contributed by atoms with van der Waals surface area (Å²) in [6.07, 6.45) is 0. The molecule has 0 aliphatic carbocycles. The van der Waals surface area contributed by atoms with E-state index in [2.05, 4.69) is 10.6 Å². The van der Waals surface area contributed by atoms with Crippen LogP contribution in [0.5, 0.6) is 0 Å². The topological polar surface area (TPSA) is 101 Å². The van der Waals surface area contributed by atoms with E-state index in [1.54, 1.807) is 36.4 Å². The largest absolute Gasteiger partial charge is 0.322 e. The molecular formula is C22H19N3O4. The highest BCUT2D eigenvalue weighted by molar-refractivity contribution is 6.07. The minimum absolute atomic E-state index is 0.00211. The summed E-state index contributed by atoms with van der Waals surface area (Å²) < 4.78 is 0. The second-order valence-electron chi connectivity index (χ2n) is 6.63. The number of hydrogen-bond donors (Lipinski definition) is 2. The summed E-state index contributed by atoms with van der Waals surface area (Å²) in [5.74, 6) is -0.829. The lowest BCUT2D eigenvalue weighted by molar-refractivity contribution is -0.383. The first kappa shape index (κ1) is 19.8. The van der Waals surface area contributed by atoms with Crippen LogP contribution < -0.4 is 10.6 Å². The first-order valence-electron chi connectivity index (χ1n) is 8.88. The van der Waals surface area contributed by atoms with E-state index >= 15 is 0 Å². The SMILES string of the molecule is Cc1ccc(C(=O)Nc2ccc([N+](=O)[O-])c(NC(=O)c3ccc(C)cc3)c2)cc1. The highest BCUT2D eigenvalue weighted by Crippen LogP contribution is 2.28. The Bertz CT molecular complexity index is 1070. The van der Waals surface area contributed by atoms with Crippen LogP contribution in [0.2, 0.25) is 0 Å². The summed E-state index contributed by atoms with van der Waals surface area (Å²) in [6, 6.07) is 17.9. The number of carbonyl (C=O) groups excluding carboxylic acids is 2. The van der Waals surface area contributed by atoms with Crippen molar-refractivity contribution in [2.45, 2.75) is 13.8 Å². The second-order valence-corrected chi connectivity index (χ2v) is 6.63. The predicted molar refractivity (Wildman–Crippen MR) is 111 cm³/mol. The molecule has 2 amide bonds. The molecule has 0 unspecified atom stereocenters. The highest BCUT2D eigenvalue weighted by Gasteiger charge is 2.18. The van der Waals surface area contributed by atoms with E-state index in [9.17, 15) is 19.7 Å². The minimum Gasteiger partial charge on any atom is -0.322 e. The van der Waals surface area contributed by atoms with Crippen LogP contribution in [0.25, 0.3) is 0 Å². The third-order valence-electron chi connectivity index (χ3n) is 4.33. The van der Waals surface area contributed by atoms with Crippen molar-refractivity contribution < 1.29 is 14.5 Å². The fourth-order valence-corrected chi connectivity index (χ4v) is 2.68. The molecule has 0 atom stereocenters. The van der Waals surface area contributed by atoms with E-state index in [1.807, 2.05) is 26.0 Å². The Morgan fingerprint density at radius 3 is 1.72 bits per heavy atom. The number of nitro benzene ring substituents is 1. The zero-order valence-corrected chi connectivity index (χ0v) is 15.9. The average molecular weight is 389 g/mol. The van der Waals surface area contributed by atoms with Gasteiger partial charge in [-0.15, -0.1) is 0 Å². The normalized spacial score (nSPS) is 10.3. The Hall–Kier alpha value is -4.00. The van der Waals surface area contributed by atoms with E-state index in [0.29, 0.717) is 16.8 Å². The van der Waals surface area contributed by atoms with Gasteiger partial charge in [-0.1, -0.05) is 35.4 Å². The molecule has 0 aromatic heterocycles. The zero-order valence-electron chi connectivity index (χ0n) is 15.9. The molecule has 0 aliphatic rings. The number of anilines is 2. The molecule has 0 aliphatic heterocycles. The lowest BCUT2D eigenvalue weighted by atomic mass is 10.1. The maximum atomic E-state index is 12.5. The van der Waals surface area contributed by atoms with Crippen LogP contribution >= 0.6 is 0 Å². The van der Waals surface area contributed by atoms with Gasteiger partial charge in [-0.05, 0) is 50.2 Å². The molecule has 3 aromatic carbocycles. The molecule has 3 aromatic rings. The Morgan fingerprint density at radius 1 is 0.759 bits per heavy atom. The fraction of sp³-hybridized carbons (Fsp3) is 0.0909. The van der Waals surface area contributed by atoms with Crippen molar-refractivity contribution in [2.75, 3.05) is 10.6 Å². The van der Waals surface area contributed by atoms with Crippen LogP contribution in [0, 0.1) is 24.0 Å². The van der Waals surface area contributed by atoms with Crippen LogP contribution in [-0.4, -0.2) is 16.7 Å². The molecule has 0 fully saturated rings. The van der Waals surface area contributed by atoms with Gasteiger partial charge < -0.3 is 10.6 Å². The number of hydrogen-bond acceptors (Lipinski definition) is 4. The number of rotatable bonds is 5. The van der Waals surface area contributed by atoms with Crippen molar-refractivity contribution in [3.63, 3.8) is 0 Å². The zero-order chi connectivity index (χ0) is 21.0. The first-order valence-corrected chi connectivity index (χ1v) is 8.88. The van der Waals surface area contributed by atoms with Crippen LogP contribution in [0.15, 0.2) is 66.7 Å². The monoisotopic (exact) mass is 389 g/mol. The lowest BCUT2D eigenvalue weighted by Crippen LogP contribution is -2.15. The molecule has 0 saturated heterocycles. The quantitative estimate of drug-likeness (QED) is 0.487. The molecule has 29 heavy (non-hydrogen) atoms. The summed E-state index contributed by atoms with van der Waals surface area (Å²) in [6.45, 7) is 3.81. The van der Waals surface area contributed by atoms with Gasteiger partial charge in [0, 0.05) is 22.9 Å². The van der Waals surface area contributed by atoms with Crippen molar-refractivity contribution in [3.05, 3.63) is 99.1 Å². The van der Waals surface area contributed by atoms with Gasteiger partial charge in [0.05, 0.1) is 4.92 Å². The molecular weight excluding hydrogens is 370 g/mol. The van der Waals surface area contributed by atoms with Gasteiger partial charge >= 0.3 is 0 Å². The maximum Gasteiger partial charge on any atom is 0.292 e. The van der Waals surface area contributed by atoms with Crippen molar-refractivity contribution in [2.24, 2.45) is 0 Å². The number of nitro groups is 1. The summed E-state index contributed by atoms with van der Waals surface area (Å²) >= 11 is 0. The number of aryl methyl sites for hydroxylation is 2. The van der Waals surface area contributed by atoms with Gasteiger partial charge in [0.1, 0.15) is 5.69 Å². The number of nitrogens with zero attached hydrogens (tertiary/aromatic N) is 1. The highest BCUT2D eigenvalue weighted by atomic mass is 16.6. The molecule has 3 rings (SSSR count). The molecule has 7 heteroatoms. The van der Waals surface area contributed by atoms with Crippen LogP contribution in [-0.2, 0) is 0 Å². The minimum atomic E-state index is -0.587. The third-order valence-corrected chi connectivity index (χ3v) is 4.33. The van der Waals surface area contributed by atoms with Gasteiger partial charge in [0.25, 0.3) is 17.5 Å². The smallest absolute Gasteiger partial charge is 0.292 e. The Balaban J connectivity index is 1.84. The van der Waals surface area contributed by atoms with Crippen molar-refractivity contribution in [1.82, 2.24) is 0 Å². The van der Waals surface area contributed by atoms with E-state index in [4.69, 9.17) is 0 Å². The van der Waals surface area contributed by atoms with E-state index < -0.39 is 10.8 Å². The van der Waals surface area contributed by atoms with E-state index in [1.165, 1.54) is 18.2 Å². The van der Waals surface area contributed by atoms with Crippen LogP contribution in [0.1, 0.15) is 31.8 Å². The van der Waals surface area contributed by atoms with E-state index in [-0.39, 0.29) is 17.3 Å². The molecule has 2 N–H and O–H groups in total. The third kappa shape index (κ3) is 4.84. The van der Waals surface area contributed by atoms with Crippen molar-refractivity contribution in [3.8, 4) is 0 Å². The first-order chi connectivity index (χ1) is 13.8. The standard InChI is InChI=1S/C22H19N3O4/c1-14-3-7-16(8-4-14)21(26)23-18-11-12-20(25(28)29)19(13-18)24-22(27)17-9-5-15(2)6-10-17/h3-13H,1-2H3,(H,23,26)(H,24,27). The second kappa shape index (κ2) is 8.35. The predicted octanol–water partition coefficient (Wildman–Crippen LogP) is 4.72. The van der Waals surface area contributed by atoms with Crippen LogP contribution in [0.4, 0.5) is 17.1 Å². The maximum absolute atomic E-state index is 12.5. The van der Waals surface area contributed by atoms with Crippen molar-refractivity contribution >= 4 is 28.9 Å². The van der Waals surface area contributed by atoms with Gasteiger partial charge in [-0.25, -0.2) is 0 Å². The van der Waals surface area contributed by atoms with Gasteiger partial charge in [0.15, 0.2) is 0 Å². The van der Waals surface area contributed by atoms with Gasteiger partial charge in [-0.2, -0.15) is 0 Å². The van der Waals surface area contributed by atoms with Crippen LogP contribution in [0.3, 0.4) is 0 Å². The molecule has 0 spiro atoms. The number of benzene rings is 3. The summed E-state index contributed by atoms with van der Waals surface area (Å²) in [5, 5.41) is 16.6. The average Bonchev–Trinajstić information content (AvgIpc) is 2.69. The Morgan fingerprint density at radius 2 is 1.24 bits per heavy atom. The lowest BCUT2D eigenvalue weighted by Gasteiger charge is -2.10. The summed E-state index contributed by atoms with van der Waals surface area (Å²) in [7, 11) is 0. The van der Waals surface area contributed by atoms with Gasteiger partial charge in [-0.3, -0.25) is 19.7 Å². The van der Waals surface area contributed by atoms with Crippen molar-refractivity contribution in [1.29, 1.82) is 0 Å². The number of nitrogens with one attached hydrogen (secondary N) is 2. The molecule has 0 radical (unpaired) electrons. The Labute approximate surface area is 167 Å². The summed E-state index contributed by atoms with van der Waals surface area (Å²) in [5.41, 5.74) is 2.92. The summed E-state index contributed by atoms with van der Waals surface area (Å²) in [4.78, 5) is 35.6.